The Hall–Kier alpha value is -1.84. The summed E-state index contributed by atoms with van der Waals surface area (Å²) in [5.74, 6) is 0.356. The average molecular weight is 333 g/mol. The predicted octanol–water partition coefficient (Wildman–Crippen LogP) is 4.54. The van der Waals surface area contributed by atoms with Gasteiger partial charge in [-0.05, 0) is 66.4 Å². The van der Waals surface area contributed by atoms with Crippen LogP contribution in [0.2, 0.25) is 5.02 Å². The molecule has 0 fully saturated rings. The van der Waals surface area contributed by atoms with E-state index in [0.29, 0.717) is 16.5 Å². The second-order valence-corrected chi connectivity index (χ2v) is 5.97. The first-order valence-electron chi connectivity index (χ1n) is 6.86. The fourth-order valence-corrected chi connectivity index (χ4v) is 2.77. The van der Waals surface area contributed by atoms with Crippen LogP contribution < -0.4 is 4.73 Å². The van der Waals surface area contributed by atoms with Gasteiger partial charge in [-0.2, -0.15) is 0 Å². The Labute approximate surface area is 138 Å². The summed E-state index contributed by atoms with van der Waals surface area (Å²) in [5, 5.41) is 14.1. The number of hydrogen-bond acceptors (Lipinski definition) is 2. The minimum absolute atomic E-state index is 0.0625. The smallest absolute Gasteiger partial charge is 0.317 e. The molecule has 3 nitrogen and oxygen atoms in total. The highest BCUT2D eigenvalue weighted by Gasteiger charge is 2.19. The number of aryl methyl sites for hydroxylation is 2. The van der Waals surface area contributed by atoms with Gasteiger partial charge in [0.15, 0.2) is 5.52 Å². The number of benzene rings is 2. The number of halogens is 2. The van der Waals surface area contributed by atoms with E-state index in [-0.39, 0.29) is 5.88 Å². The van der Waals surface area contributed by atoms with Gasteiger partial charge in [0.2, 0.25) is 0 Å². The van der Waals surface area contributed by atoms with Crippen LogP contribution in [-0.4, -0.2) is 4.98 Å². The highest BCUT2D eigenvalue weighted by molar-refractivity contribution is 6.30. The zero-order chi connectivity index (χ0) is 15.9. The molecule has 1 heterocycles. The number of aromatic nitrogens is 2. The summed E-state index contributed by atoms with van der Waals surface area (Å²) < 4.78 is 0.813. The molecule has 22 heavy (non-hydrogen) atoms. The molecule has 5 heteroatoms. The molecule has 0 atom stereocenters. The van der Waals surface area contributed by atoms with Gasteiger partial charge in [-0.15, -0.1) is 11.6 Å². The van der Waals surface area contributed by atoms with E-state index in [1.165, 1.54) is 0 Å². The van der Waals surface area contributed by atoms with Crippen molar-refractivity contribution in [3.63, 3.8) is 0 Å². The summed E-state index contributed by atoms with van der Waals surface area (Å²) in [6, 6.07) is 11.2. The van der Waals surface area contributed by atoms with Crippen molar-refractivity contribution < 1.29 is 4.73 Å². The summed E-state index contributed by atoms with van der Waals surface area (Å²) in [4.78, 5) is 4.39. The van der Waals surface area contributed by atoms with Gasteiger partial charge >= 0.3 is 5.82 Å². The minimum atomic E-state index is 0.0625. The van der Waals surface area contributed by atoms with Gasteiger partial charge in [-0.3, -0.25) is 0 Å². The summed E-state index contributed by atoms with van der Waals surface area (Å²) >= 11 is 11.8. The van der Waals surface area contributed by atoms with Crippen LogP contribution in [-0.2, 0) is 5.88 Å². The Bertz CT molecular complexity index is 861. The molecule has 0 N–H and O–H groups in total. The van der Waals surface area contributed by atoms with E-state index in [1.54, 1.807) is 12.1 Å². The Morgan fingerprint density at radius 2 is 1.73 bits per heavy atom. The van der Waals surface area contributed by atoms with Gasteiger partial charge in [0.25, 0.3) is 0 Å². The monoisotopic (exact) mass is 332 g/mol. The van der Waals surface area contributed by atoms with Gasteiger partial charge < -0.3 is 5.21 Å². The molecule has 1 aromatic heterocycles. The van der Waals surface area contributed by atoms with Gasteiger partial charge in [-0.25, -0.2) is 4.73 Å². The molecule has 0 saturated heterocycles. The van der Waals surface area contributed by atoms with Crippen molar-refractivity contribution in [1.29, 1.82) is 0 Å². The summed E-state index contributed by atoms with van der Waals surface area (Å²) in [7, 11) is 0. The van der Waals surface area contributed by atoms with E-state index in [4.69, 9.17) is 23.2 Å². The molecule has 112 valence electrons. The molecule has 0 radical (unpaired) electrons. The molecular formula is C17H14Cl2N2O. The van der Waals surface area contributed by atoms with Crippen LogP contribution in [0.25, 0.3) is 22.2 Å². The largest absolute Gasteiger partial charge is 0.710 e. The average Bonchev–Trinajstić information content (AvgIpc) is 2.50. The minimum Gasteiger partial charge on any atom is -0.710 e. The van der Waals surface area contributed by atoms with Crippen molar-refractivity contribution >= 4 is 34.1 Å². The molecule has 0 aliphatic rings. The topological polar surface area (TPSA) is 39.8 Å². The zero-order valence-corrected chi connectivity index (χ0v) is 13.7. The van der Waals surface area contributed by atoms with Gasteiger partial charge in [0.1, 0.15) is 11.6 Å². The Balaban J connectivity index is 2.41. The van der Waals surface area contributed by atoms with Crippen molar-refractivity contribution in [2.24, 2.45) is 0 Å². The van der Waals surface area contributed by atoms with Crippen molar-refractivity contribution in [3.8, 4) is 11.3 Å². The third-order valence-corrected chi connectivity index (χ3v) is 4.28. The molecule has 0 spiro atoms. The lowest BCUT2D eigenvalue weighted by molar-refractivity contribution is -0.603. The second-order valence-electron chi connectivity index (χ2n) is 5.27. The first-order valence-corrected chi connectivity index (χ1v) is 7.78. The van der Waals surface area contributed by atoms with Crippen molar-refractivity contribution in [1.82, 2.24) is 4.98 Å². The maximum absolute atomic E-state index is 12.6. The van der Waals surface area contributed by atoms with E-state index in [9.17, 15) is 5.21 Å². The first-order chi connectivity index (χ1) is 10.5. The maximum Gasteiger partial charge on any atom is 0.317 e. The second kappa shape index (κ2) is 5.75. The molecule has 0 aliphatic carbocycles. The molecule has 0 amide bonds. The Morgan fingerprint density at radius 1 is 1.09 bits per heavy atom. The van der Waals surface area contributed by atoms with Crippen molar-refractivity contribution in [2.45, 2.75) is 19.7 Å². The molecule has 0 saturated carbocycles. The summed E-state index contributed by atoms with van der Waals surface area (Å²) in [6.07, 6.45) is 0. The molecule has 0 unspecified atom stereocenters. The third-order valence-electron chi connectivity index (χ3n) is 3.79. The number of hydrogen-bond donors (Lipinski definition) is 0. The molecule has 0 aliphatic heterocycles. The van der Waals surface area contributed by atoms with E-state index >= 15 is 0 Å². The zero-order valence-electron chi connectivity index (χ0n) is 12.2. The highest BCUT2D eigenvalue weighted by Crippen LogP contribution is 2.28. The van der Waals surface area contributed by atoms with Gasteiger partial charge in [-0.1, -0.05) is 11.6 Å². The number of nitrogens with zero attached hydrogens (tertiary/aromatic N) is 2. The molecule has 3 aromatic rings. The van der Waals surface area contributed by atoms with E-state index in [0.717, 1.165) is 32.3 Å². The number of alkyl halides is 1. The fourth-order valence-electron chi connectivity index (χ4n) is 2.47. The molecule has 2 aromatic carbocycles. The Morgan fingerprint density at radius 3 is 2.36 bits per heavy atom. The van der Waals surface area contributed by atoms with Gasteiger partial charge in [0, 0.05) is 10.6 Å². The van der Waals surface area contributed by atoms with Crippen LogP contribution in [0.1, 0.15) is 17.0 Å². The molecular weight excluding hydrogens is 319 g/mol. The number of rotatable bonds is 2. The van der Waals surface area contributed by atoms with Crippen molar-refractivity contribution in [3.05, 3.63) is 63.6 Å². The van der Waals surface area contributed by atoms with Crippen LogP contribution in [0.4, 0.5) is 0 Å². The van der Waals surface area contributed by atoms with Crippen LogP contribution in [0.5, 0.6) is 0 Å². The fraction of sp³-hybridized carbons (Fsp3) is 0.176. The lowest BCUT2D eigenvalue weighted by Gasteiger charge is -2.14. The SMILES string of the molecule is Cc1cc2nc(CCl)[n+]([O-])c(-c3ccc(Cl)cc3)c2cc1C. The maximum atomic E-state index is 12.6. The van der Waals surface area contributed by atoms with Crippen LogP contribution >= 0.6 is 23.2 Å². The first kappa shape index (κ1) is 15.1. The van der Waals surface area contributed by atoms with Crippen LogP contribution in [0.3, 0.4) is 0 Å². The number of fused-ring (bicyclic) bond motifs is 1. The quantitative estimate of drug-likeness (QED) is 0.392. The standard InChI is InChI=1S/C17H14Cl2N2O/c1-10-7-14-15(8-11(10)2)20-16(9-18)21(22)17(14)12-3-5-13(19)6-4-12/h3-8H,9H2,1-2H3. The lowest BCUT2D eigenvalue weighted by atomic mass is 10.0. The van der Waals surface area contributed by atoms with Gasteiger partial charge in [0.05, 0.1) is 5.39 Å². The van der Waals surface area contributed by atoms with E-state index < -0.39 is 0 Å². The highest BCUT2D eigenvalue weighted by atomic mass is 35.5. The third kappa shape index (κ3) is 2.51. The summed E-state index contributed by atoms with van der Waals surface area (Å²) in [6.45, 7) is 4.04. The van der Waals surface area contributed by atoms with E-state index in [2.05, 4.69) is 4.98 Å². The molecule has 0 bridgehead atoms. The lowest BCUT2D eigenvalue weighted by Crippen LogP contribution is -2.35. The summed E-state index contributed by atoms with van der Waals surface area (Å²) in [5.41, 5.74) is 4.37. The van der Waals surface area contributed by atoms with Crippen LogP contribution in [0, 0.1) is 19.1 Å². The predicted molar refractivity (Wildman–Crippen MR) is 90.2 cm³/mol. The normalized spacial score (nSPS) is 11.1. The Kier molecular flexibility index (Phi) is 3.94. The van der Waals surface area contributed by atoms with Crippen molar-refractivity contribution in [2.75, 3.05) is 0 Å². The molecule has 3 rings (SSSR count). The van der Waals surface area contributed by atoms with E-state index in [1.807, 2.05) is 38.1 Å². The van der Waals surface area contributed by atoms with Crippen LogP contribution in [0.15, 0.2) is 36.4 Å².